The summed E-state index contributed by atoms with van der Waals surface area (Å²) >= 11 is 0. The minimum atomic E-state index is -1.22. The van der Waals surface area contributed by atoms with Gasteiger partial charge in [-0.25, -0.2) is 13.2 Å². The van der Waals surface area contributed by atoms with Gasteiger partial charge < -0.3 is 10.5 Å². The second kappa shape index (κ2) is 4.43. The van der Waals surface area contributed by atoms with E-state index in [2.05, 4.69) is 0 Å². The van der Waals surface area contributed by atoms with E-state index in [9.17, 15) is 13.2 Å². The van der Waals surface area contributed by atoms with Gasteiger partial charge in [-0.15, -0.1) is 0 Å². The monoisotopic (exact) mass is 205 g/mol. The molecule has 1 rings (SSSR count). The molecule has 0 amide bonds. The Balaban J connectivity index is 3.14. The van der Waals surface area contributed by atoms with E-state index in [1.807, 2.05) is 0 Å². The molecule has 0 saturated carbocycles. The highest BCUT2D eigenvalue weighted by Crippen LogP contribution is 2.21. The molecule has 0 aromatic heterocycles. The van der Waals surface area contributed by atoms with Crippen molar-refractivity contribution in [2.75, 3.05) is 13.7 Å². The fraction of sp³-hybridized carbons (Fsp3) is 0.333. The van der Waals surface area contributed by atoms with Crippen molar-refractivity contribution in [3.05, 3.63) is 35.1 Å². The Morgan fingerprint density at radius 1 is 1.21 bits per heavy atom. The largest absolute Gasteiger partial charge is 0.375 e. The van der Waals surface area contributed by atoms with Crippen molar-refractivity contribution in [3.8, 4) is 0 Å². The first-order valence-electron chi connectivity index (χ1n) is 3.97. The van der Waals surface area contributed by atoms with Crippen LogP contribution in [-0.2, 0) is 4.74 Å². The van der Waals surface area contributed by atoms with Gasteiger partial charge in [0.05, 0.1) is 6.10 Å². The number of nitrogens with two attached hydrogens (primary N) is 1. The summed E-state index contributed by atoms with van der Waals surface area (Å²) in [6, 6.07) is 1.23. The van der Waals surface area contributed by atoms with Gasteiger partial charge in [-0.3, -0.25) is 0 Å². The molecule has 1 aromatic rings. The van der Waals surface area contributed by atoms with E-state index in [4.69, 9.17) is 10.5 Å². The molecule has 1 aromatic carbocycles. The molecular weight excluding hydrogens is 195 g/mol. The van der Waals surface area contributed by atoms with Crippen molar-refractivity contribution in [1.29, 1.82) is 0 Å². The molecule has 0 fully saturated rings. The topological polar surface area (TPSA) is 35.2 Å². The minimum Gasteiger partial charge on any atom is -0.375 e. The molecule has 5 heteroatoms. The van der Waals surface area contributed by atoms with Gasteiger partial charge >= 0.3 is 0 Å². The maximum Gasteiger partial charge on any atom is 0.161 e. The summed E-state index contributed by atoms with van der Waals surface area (Å²) in [4.78, 5) is 0. The second-order valence-corrected chi connectivity index (χ2v) is 2.75. The molecule has 78 valence electrons. The summed E-state index contributed by atoms with van der Waals surface area (Å²) in [5.74, 6) is -3.20. The number of hydrogen-bond donors (Lipinski definition) is 1. The molecule has 0 radical (unpaired) electrons. The van der Waals surface area contributed by atoms with Crippen molar-refractivity contribution in [3.63, 3.8) is 0 Å². The fourth-order valence-electron chi connectivity index (χ4n) is 1.13. The molecular formula is C9H10F3NO. The first-order chi connectivity index (χ1) is 6.60. The van der Waals surface area contributed by atoms with Crippen molar-refractivity contribution < 1.29 is 17.9 Å². The van der Waals surface area contributed by atoms with E-state index in [0.717, 1.165) is 6.07 Å². The molecule has 1 unspecified atom stereocenters. The third-order valence-corrected chi connectivity index (χ3v) is 1.89. The van der Waals surface area contributed by atoms with Crippen LogP contribution in [0.1, 0.15) is 11.7 Å². The minimum absolute atomic E-state index is 0.00150. The van der Waals surface area contributed by atoms with E-state index < -0.39 is 23.6 Å². The van der Waals surface area contributed by atoms with Crippen LogP contribution in [0.2, 0.25) is 0 Å². The van der Waals surface area contributed by atoms with Crippen molar-refractivity contribution in [2.24, 2.45) is 5.73 Å². The third kappa shape index (κ3) is 2.05. The molecule has 0 aliphatic carbocycles. The Hall–Kier alpha value is -1.07. The van der Waals surface area contributed by atoms with Crippen LogP contribution in [-0.4, -0.2) is 13.7 Å². The second-order valence-electron chi connectivity index (χ2n) is 2.75. The summed E-state index contributed by atoms with van der Waals surface area (Å²) in [7, 11) is 1.32. The van der Waals surface area contributed by atoms with Gasteiger partial charge in [0.2, 0.25) is 0 Å². The van der Waals surface area contributed by atoms with E-state index in [0.29, 0.717) is 6.07 Å². The van der Waals surface area contributed by atoms with E-state index in [-0.39, 0.29) is 12.1 Å². The molecule has 2 N–H and O–H groups in total. The van der Waals surface area contributed by atoms with Crippen molar-refractivity contribution in [2.45, 2.75) is 6.10 Å². The first-order valence-corrected chi connectivity index (χ1v) is 3.97. The summed E-state index contributed by atoms with van der Waals surface area (Å²) in [6.45, 7) is -0.00150. The molecule has 0 aliphatic rings. The van der Waals surface area contributed by atoms with E-state index in [1.54, 1.807) is 0 Å². The van der Waals surface area contributed by atoms with Crippen LogP contribution in [0.15, 0.2) is 12.1 Å². The van der Waals surface area contributed by atoms with Crippen LogP contribution in [0.3, 0.4) is 0 Å². The quantitative estimate of drug-likeness (QED) is 0.763. The maximum atomic E-state index is 13.1. The normalized spacial score (nSPS) is 12.9. The zero-order valence-electron chi connectivity index (χ0n) is 7.56. The molecule has 2 nitrogen and oxygen atoms in total. The van der Waals surface area contributed by atoms with Crippen LogP contribution in [0.25, 0.3) is 0 Å². The predicted octanol–water partition coefficient (Wildman–Crippen LogP) is 1.75. The van der Waals surface area contributed by atoms with Gasteiger partial charge in [-0.05, 0) is 6.07 Å². The Morgan fingerprint density at radius 3 is 2.29 bits per heavy atom. The lowest BCUT2D eigenvalue weighted by Gasteiger charge is -2.14. The van der Waals surface area contributed by atoms with E-state index >= 15 is 0 Å². The smallest absolute Gasteiger partial charge is 0.161 e. The van der Waals surface area contributed by atoms with Gasteiger partial charge in [-0.2, -0.15) is 0 Å². The van der Waals surface area contributed by atoms with Crippen molar-refractivity contribution in [1.82, 2.24) is 0 Å². The summed E-state index contributed by atoms with van der Waals surface area (Å²) in [5.41, 5.74) is 5.19. The highest BCUT2D eigenvalue weighted by molar-refractivity contribution is 5.22. The van der Waals surface area contributed by atoms with Crippen LogP contribution in [0.4, 0.5) is 13.2 Å². The maximum absolute atomic E-state index is 13.1. The van der Waals surface area contributed by atoms with Crippen LogP contribution < -0.4 is 5.73 Å². The Labute approximate surface area is 79.5 Å². The highest BCUT2D eigenvalue weighted by Gasteiger charge is 2.17. The molecule has 1 atom stereocenters. The Morgan fingerprint density at radius 2 is 1.79 bits per heavy atom. The molecule has 0 spiro atoms. The average molecular weight is 205 g/mol. The number of halogens is 3. The molecule has 0 heterocycles. The lowest BCUT2D eigenvalue weighted by Crippen LogP contribution is -2.16. The molecule has 0 bridgehead atoms. The van der Waals surface area contributed by atoms with Gasteiger partial charge in [-0.1, -0.05) is 0 Å². The molecule has 14 heavy (non-hydrogen) atoms. The zero-order chi connectivity index (χ0) is 10.7. The lowest BCUT2D eigenvalue weighted by molar-refractivity contribution is 0.107. The predicted molar refractivity (Wildman–Crippen MR) is 45.1 cm³/mol. The number of benzene rings is 1. The van der Waals surface area contributed by atoms with Crippen LogP contribution in [0.5, 0.6) is 0 Å². The van der Waals surface area contributed by atoms with Crippen molar-refractivity contribution >= 4 is 0 Å². The highest BCUT2D eigenvalue weighted by atomic mass is 19.2. The summed E-state index contributed by atoms with van der Waals surface area (Å²) in [6.07, 6.45) is -0.759. The molecule has 0 aliphatic heterocycles. The lowest BCUT2D eigenvalue weighted by atomic mass is 10.1. The fourth-order valence-corrected chi connectivity index (χ4v) is 1.13. The average Bonchev–Trinajstić information content (AvgIpc) is 2.15. The van der Waals surface area contributed by atoms with Crippen LogP contribution >= 0.6 is 0 Å². The van der Waals surface area contributed by atoms with Crippen LogP contribution in [0, 0.1) is 17.5 Å². The Kier molecular flexibility index (Phi) is 3.49. The third-order valence-electron chi connectivity index (χ3n) is 1.89. The Bertz CT molecular complexity index is 326. The SMILES string of the molecule is COC(CN)c1cc(F)c(F)cc1F. The van der Waals surface area contributed by atoms with Gasteiger partial charge in [0.15, 0.2) is 11.6 Å². The van der Waals surface area contributed by atoms with Gasteiger partial charge in [0.1, 0.15) is 5.82 Å². The standard InChI is InChI=1S/C9H10F3NO/c1-14-9(4-13)5-2-7(11)8(12)3-6(5)10/h2-3,9H,4,13H2,1H3. The van der Waals surface area contributed by atoms with Gasteiger partial charge in [0, 0.05) is 25.3 Å². The number of hydrogen-bond acceptors (Lipinski definition) is 2. The summed E-state index contributed by atoms with van der Waals surface area (Å²) in [5, 5.41) is 0. The number of rotatable bonds is 3. The number of methoxy groups -OCH3 is 1. The summed E-state index contributed by atoms with van der Waals surface area (Å²) < 4.78 is 43.2. The van der Waals surface area contributed by atoms with E-state index in [1.165, 1.54) is 7.11 Å². The van der Waals surface area contributed by atoms with Gasteiger partial charge in [0.25, 0.3) is 0 Å². The first kappa shape index (κ1) is 11.0. The zero-order valence-corrected chi connectivity index (χ0v) is 7.56. The molecule has 0 saturated heterocycles. The number of ether oxygens (including phenoxy) is 1.